The van der Waals surface area contributed by atoms with Crippen molar-refractivity contribution in [2.75, 3.05) is 5.32 Å². The van der Waals surface area contributed by atoms with Gasteiger partial charge in [0, 0.05) is 11.6 Å². The van der Waals surface area contributed by atoms with Crippen molar-refractivity contribution in [1.82, 2.24) is 4.98 Å². The number of ether oxygens (including phenoxy) is 1. The molecule has 1 amide bonds. The van der Waals surface area contributed by atoms with E-state index < -0.39 is 6.10 Å². The Hall–Kier alpha value is -2.88. The van der Waals surface area contributed by atoms with Crippen molar-refractivity contribution >= 4 is 22.5 Å². The number of fused-ring (bicyclic) bond motifs is 1. The van der Waals surface area contributed by atoms with Crippen molar-refractivity contribution in [2.24, 2.45) is 0 Å². The monoisotopic (exact) mass is 362 g/mol. The smallest absolute Gasteiger partial charge is 0.265 e. The van der Waals surface area contributed by atoms with Crippen LogP contribution in [0.4, 0.5) is 5.69 Å². The third-order valence-electron chi connectivity index (χ3n) is 4.69. The van der Waals surface area contributed by atoms with Gasteiger partial charge in [0.2, 0.25) is 0 Å². The van der Waals surface area contributed by atoms with E-state index >= 15 is 0 Å². The molecule has 0 aliphatic rings. The van der Waals surface area contributed by atoms with Gasteiger partial charge in [-0.05, 0) is 67.6 Å². The highest BCUT2D eigenvalue weighted by Gasteiger charge is 2.19. The molecule has 0 aliphatic carbocycles. The number of amides is 1. The molecule has 0 saturated carbocycles. The van der Waals surface area contributed by atoms with Crippen LogP contribution in [-0.2, 0) is 4.79 Å². The average molecular weight is 362 g/mol. The Balaban J connectivity index is 1.82. The fourth-order valence-corrected chi connectivity index (χ4v) is 3.12. The van der Waals surface area contributed by atoms with E-state index in [-0.39, 0.29) is 5.91 Å². The van der Waals surface area contributed by atoms with Crippen LogP contribution in [0.25, 0.3) is 10.9 Å². The van der Waals surface area contributed by atoms with Gasteiger partial charge in [-0.2, -0.15) is 0 Å². The molecule has 0 fully saturated rings. The molecule has 0 aliphatic heterocycles. The summed E-state index contributed by atoms with van der Waals surface area (Å²) in [6.45, 7) is 10.0. The van der Waals surface area contributed by atoms with Crippen LogP contribution in [0.1, 0.15) is 43.4 Å². The molecule has 140 valence electrons. The summed E-state index contributed by atoms with van der Waals surface area (Å²) in [6.07, 6.45) is 1.15. The van der Waals surface area contributed by atoms with Gasteiger partial charge in [-0.3, -0.25) is 9.78 Å². The lowest BCUT2D eigenvalue weighted by Gasteiger charge is -2.20. The fourth-order valence-electron chi connectivity index (χ4n) is 3.12. The predicted octanol–water partition coefficient (Wildman–Crippen LogP) is 5.38. The minimum atomic E-state index is -0.614. The van der Waals surface area contributed by atoms with Gasteiger partial charge in [0.05, 0.1) is 11.2 Å². The number of hydrogen-bond acceptors (Lipinski definition) is 3. The number of benzene rings is 2. The number of aromatic nitrogens is 1. The van der Waals surface area contributed by atoms with Gasteiger partial charge < -0.3 is 10.1 Å². The number of carbonyl (C=O) groups excluding carboxylic acids is 1. The molecule has 0 bridgehead atoms. The van der Waals surface area contributed by atoms with E-state index in [9.17, 15) is 4.79 Å². The van der Waals surface area contributed by atoms with E-state index in [0.29, 0.717) is 5.92 Å². The van der Waals surface area contributed by atoms with Crippen molar-refractivity contribution in [3.8, 4) is 5.75 Å². The number of pyridine rings is 1. The summed E-state index contributed by atoms with van der Waals surface area (Å²) in [7, 11) is 0. The van der Waals surface area contributed by atoms with Crippen LogP contribution in [0.5, 0.6) is 5.75 Å². The van der Waals surface area contributed by atoms with Crippen molar-refractivity contribution in [3.63, 3.8) is 0 Å². The number of hydrogen-bond donors (Lipinski definition) is 1. The SMILES string of the molecule is Cc1ccc(C(C)C)c(O[C@H](C)C(=O)Nc2ccc(C)c3ncccc23)c1. The van der Waals surface area contributed by atoms with Gasteiger partial charge in [-0.25, -0.2) is 0 Å². The van der Waals surface area contributed by atoms with Gasteiger partial charge in [-0.15, -0.1) is 0 Å². The Morgan fingerprint density at radius 3 is 2.59 bits per heavy atom. The number of rotatable bonds is 5. The molecule has 0 saturated heterocycles. The van der Waals surface area contributed by atoms with Crippen LogP contribution in [0, 0.1) is 13.8 Å². The summed E-state index contributed by atoms with van der Waals surface area (Å²) in [5.74, 6) is 0.909. The number of aryl methyl sites for hydroxylation is 2. The molecule has 3 rings (SSSR count). The summed E-state index contributed by atoms with van der Waals surface area (Å²) in [5, 5.41) is 3.92. The number of nitrogens with zero attached hydrogens (tertiary/aromatic N) is 1. The molecule has 1 aromatic heterocycles. The topological polar surface area (TPSA) is 51.2 Å². The summed E-state index contributed by atoms with van der Waals surface area (Å²) in [4.78, 5) is 17.2. The lowest BCUT2D eigenvalue weighted by molar-refractivity contribution is -0.122. The Morgan fingerprint density at radius 2 is 1.85 bits per heavy atom. The van der Waals surface area contributed by atoms with Crippen molar-refractivity contribution in [1.29, 1.82) is 0 Å². The molecule has 1 atom stereocenters. The molecular formula is C23H26N2O2. The van der Waals surface area contributed by atoms with Crippen LogP contribution in [0.3, 0.4) is 0 Å². The van der Waals surface area contributed by atoms with E-state index in [1.54, 1.807) is 13.1 Å². The maximum atomic E-state index is 12.8. The zero-order valence-electron chi connectivity index (χ0n) is 16.5. The number of nitrogens with one attached hydrogen (secondary N) is 1. The van der Waals surface area contributed by atoms with Gasteiger partial charge in [0.25, 0.3) is 5.91 Å². The van der Waals surface area contributed by atoms with Crippen LogP contribution >= 0.6 is 0 Å². The van der Waals surface area contributed by atoms with Crippen LogP contribution in [-0.4, -0.2) is 17.0 Å². The van der Waals surface area contributed by atoms with E-state index in [4.69, 9.17) is 4.74 Å². The first-order valence-corrected chi connectivity index (χ1v) is 9.29. The van der Waals surface area contributed by atoms with Gasteiger partial charge >= 0.3 is 0 Å². The summed E-state index contributed by atoms with van der Waals surface area (Å²) in [5.41, 5.74) is 4.93. The predicted molar refractivity (Wildman–Crippen MR) is 110 cm³/mol. The second kappa shape index (κ2) is 7.78. The van der Waals surface area contributed by atoms with Crippen LogP contribution in [0.15, 0.2) is 48.7 Å². The molecule has 4 heteroatoms. The lowest BCUT2D eigenvalue weighted by Crippen LogP contribution is -2.30. The third kappa shape index (κ3) is 4.11. The van der Waals surface area contributed by atoms with Crippen molar-refractivity contribution < 1.29 is 9.53 Å². The standard InChI is InChI=1S/C23H26N2O2/c1-14(2)18-10-8-15(3)13-21(18)27-17(5)23(26)25-20-11-9-16(4)22-19(20)7-6-12-24-22/h6-14,17H,1-5H3,(H,25,26)/t17-/m1/s1. The lowest BCUT2D eigenvalue weighted by atomic mass is 10.0. The molecule has 27 heavy (non-hydrogen) atoms. The Labute approximate surface area is 160 Å². The van der Waals surface area contributed by atoms with Crippen molar-refractivity contribution in [3.05, 3.63) is 65.4 Å². The molecule has 2 aromatic carbocycles. The van der Waals surface area contributed by atoms with E-state index in [2.05, 4.69) is 36.3 Å². The first-order chi connectivity index (χ1) is 12.9. The first-order valence-electron chi connectivity index (χ1n) is 9.29. The average Bonchev–Trinajstić information content (AvgIpc) is 2.64. The highest BCUT2D eigenvalue weighted by molar-refractivity contribution is 6.03. The van der Waals surface area contributed by atoms with Gasteiger partial charge in [0.15, 0.2) is 6.10 Å². The zero-order valence-corrected chi connectivity index (χ0v) is 16.5. The normalized spacial score (nSPS) is 12.2. The summed E-state index contributed by atoms with van der Waals surface area (Å²) < 4.78 is 6.03. The van der Waals surface area contributed by atoms with E-state index in [0.717, 1.165) is 39.0 Å². The highest BCUT2D eigenvalue weighted by Crippen LogP contribution is 2.29. The number of anilines is 1. The molecule has 0 radical (unpaired) electrons. The maximum absolute atomic E-state index is 12.8. The molecule has 3 aromatic rings. The molecule has 0 spiro atoms. The molecule has 1 heterocycles. The maximum Gasteiger partial charge on any atom is 0.265 e. The Bertz CT molecular complexity index is 979. The largest absolute Gasteiger partial charge is 0.481 e. The van der Waals surface area contributed by atoms with Crippen molar-refractivity contribution in [2.45, 2.75) is 46.6 Å². The Kier molecular flexibility index (Phi) is 5.45. The highest BCUT2D eigenvalue weighted by atomic mass is 16.5. The molecule has 4 nitrogen and oxygen atoms in total. The summed E-state index contributed by atoms with van der Waals surface area (Å²) >= 11 is 0. The third-order valence-corrected chi connectivity index (χ3v) is 4.69. The minimum Gasteiger partial charge on any atom is -0.481 e. The first kappa shape index (κ1) is 18.9. The van der Waals surface area contributed by atoms with Gasteiger partial charge in [0.1, 0.15) is 5.75 Å². The van der Waals surface area contributed by atoms with E-state index in [1.165, 1.54) is 0 Å². The van der Waals surface area contributed by atoms with E-state index in [1.807, 2.05) is 44.2 Å². The quantitative estimate of drug-likeness (QED) is 0.663. The minimum absolute atomic E-state index is 0.180. The second-order valence-electron chi connectivity index (χ2n) is 7.27. The summed E-state index contributed by atoms with van der Waals surface area (Å²) in [6, 6.07) is 13.8. The van der Waals surface area contributed by atoms with Gasteiger partial charge in [-0.1, -0.05) is 32.0 Å². The second-order valence-corrected chi connectivity index (χ2v) is 7.27. The molecular weight excluding hydrogens is 336 g/mol. The molecule has 1 N–H and O–H groups in total. The molecule has 0 unspecified atom stereocenters. The van der Waals surface area contributed by atoms with Crippen LogP contribution < -0.4 is 10.1 Å². The Morgan fingerprint density at radius 1 is 1.07 bits per heavy atom. The fraction of sp³-hybridized carbons (Fsp3) is 0.304. The number of carbonyl (C=O) groups is 1. The van der Waals surface area contributed by atoms with Crippen LogP contribution in [0.2, 0.25) is 0 Å². The zero-order chi connectivity index (χ0) is 19.6.